The van der Waals surface area contributed by atoms with Crippen LogP contribution in [0.25, 0.3) is 33.8 Å². The van der Waals surface area contributed by atoms with Crippen molar-refractivity contribution in [2.24, 2.45) is 0 Å². The molecule has 7 N–H and O–H groups in total. The number of Topliss-reactive ketones (excluding diaryl/α,β-unsaturated/α-hetero) is 2. The summed E-state index contributed by atoms with van der Waals surface area (Å²) in [6.07, 6.45) is 2.17. The Kier molecular flexibility index (Phi) is 28.1. The van der Waals surface area contributed by atoms with Crippen molar-refractivity contribution in [3.63, 3.8) is 0 Å². The summed E-state index contributed by atoms with van der Waals surface area (Å²) < 4.78 is 8.04. The number of hydrogen-bond donors (Lipinski definition) is 4. The minimum atomic E-state index is -0.826. The molecular weight excluding hydrogens is 1290 g/mol. The van der Waals surface area contributed by atoms with Crippen LogP contribution in [-0.2, 0) is 37.1 Å². The number of ketones is 2. The Morgan fingerprint density at radius 1 is 0.548 bits per heavy atom. The number of H-pyrrole nitrogens is 1. The largest absolute Gasteiger partial charge is 1.00 e. The predicted molar refractivity (Wildman–Crippen MR) is 305 cm³/mol. The van der Waals surface area contributed by atoms with Crippen molar-refractivity contribution >= 4 is 17.5 Å². The van der Waals surface area contributed by atoms with Gasteiger partial charge in [0.1, 0.15) is 28.4 Å². The first-order valence-electron chi connectivity index (χ1n) is 25.9. The zero-order valence-corrected chi connectivity index (χ0v) is 64.2. The van der Waals surface area contributed by atoms with Crippen LogP contribution in [0, 0.1) is 39.0 Å². The fourth-order valence-corrected chi connectivity index (χ4v) is 11.4. The summed E-state index contributed by atoms with van der Waals surface area (Å²) in [7, 11) is 1.21. The first-order valence-corrected chi connectivity index (χ1v) is 25.9. The standard InChI is InChI=1S/C24H22NO4.C24H22NO3.C17H16NO3.3H2O.3Rb/c1-14-9-10-17-12-15(2)19-21(18(17)11-14)25(13-16-7-5-4-6-8-16)23(27)20(22(19)26)24(28)29-3;1-14-9-10-18-12-15(2)20-22(19(18)11-14)25(13-17-7-5-4-6-8-17)24(28)21(16(3)26)23(20)27;1-8-4-5-11-7-9(2)13-15(12(11)6-8)18-17(21)14(10(3)19)16(13)20;;;;;;/h4-8,10-11,15,26H,12-13H2,1-3H3;4-8,10-11,15,27H,12-13H2,1-3H3;5-6,9H,7H2,1-3H3,(H2,18,20,21);3*1H2;;;/q3*-1;;;;3*+1/p-3. The van der Waals surface area contributed by atoms with Crippen molar-refractivity contribution in [3.05, 3.63) is 224 Å². The zero-order chi connectivity index (χ0) is 56.0. The molecule has 0 bridgehead atoms. The minimum Gasteiger partial charge on any atom is -0.870 e. The molecule has 16 nitrogen and oxygen atoms in total. The number of carbonyl (C=O) groups is 3. The molecule has 0 saturated carbocycles. The van der Waals surface area contributed by atoms with Gasteiger partial charge in [-0.25, -0.2) is 4.79 Å². The van der Waals surface area contributed by atoms with Crippen LogP contribution in [0.2, 0.25) is 0 Å². The second-order valence-corrected chi connectivity index (χ2v) is 20.8. The number of nitrogens with one attached hydrogen (secondary N) is 1. The number of benzene rings is 5. The van der Waals surface area contributed by atoms with Crippen molar-refractivity contribution in [3.8, 4) is 51.0 Å². The van der Waals surface area contributed by atoms with Crippen molar-refractivity contribution in [1.29, 1.82) is 0 Å². The maximum atomic E-state index is 13.4. The second-order valence-electron chi connectivity index (χ2n) is 20.8. The van der Waals surface area contributed by atoms with Crippen LogP contribution in [0.15, 0.2) is 111 Å². The van der Waals surface area contributed by atoms with Crippen LogP contribution >= 0.6 is 0 Å². The van der Waals surface area contributed by atoms with Gasteiger partial charge in [0, 0.05) is 33.8 Å². The molecule has 5 aromatic carbocycles. The van der Waals surface area contributed by atoms with E-state index in [9.17, 15) is 44.1 Å². The van der Waals surface area contributed by atoms with Crippen LogP contribution in [0.3, 0.4) is 0 Å². The molecule has 3 atom stereocenters. The molecule has 0 amide bonds. The van der Waals surface area contributed by atoms with Gasteiger partial charge in [-0.3, -0.25) is 24.0 Å². The van der Waals surface area contributed by atoms with E-state index >= 15 is 0 Å². The Morgan fingerprint density at radius 3 is 1.29 bits per heavy atom. The van der Waals surface area contributed by atoms with Crippen LogP contribution in [0.4, 0.5) is 0 Å². The molecule has 0 fully saturated rings. The van der Waals surface area contributed by atoms with Crippen molar-refractivity contribution in [2.75, 3.05) is 7.11 Å². The molecule has 422 valence electrons. The average Bonchev–Trinajstić information content (AvgIpc) is 2.33. The Morgan fingerprint density at radius 2 is 0.893 bits per heavy atom. The van der Waals surface area contributed by atoms with E-state index in [1.54, 1.807) is 9.13 Å². The number of hydrogen-bond acceptors (Lipinski definition) is 13. The number of aromatic nitrogens is 3. The van der Waals surface area contributed by atoms with Crippen LogP contribution in [0.1, 0.15) is 145 Å². The maximum Gasteiger partial charge on any atom is 1.00 e. The van der Waals surface area contributed by atoms with E-state index in [4.69, 9.17) is 4.74 Å². The fraction of sp³-hybridized carbons (Fsp3) is 0.262. The number of esters is 1. The predicted octanol–water partition coefficient (Wildman–Crippen LogP) is 1.26. The second kappa shape index (κ2) is 31.6. The number of methoxy groups -OCH3 is 1. The number of aryl methyl sites for hydroxylation is 3. The molecule has 0 aliphatic heterocycles. The van der Waals surface area contributed by atoms with E-state index < -0.39 is 34.2 Å². The van der Waals surface area contributed by atoms with Gasteiger partial charge in [0.15, 0.2) is 17.1 Å². The van der Waals surface area contributed by atoms with E-state index in [1.165, 1.54) is 21.0 Å². The van der Waals surface area contributed by atoms with Gasteiger partial charge in [0.2, 0.25) is 0 Å². The molecule has 3 unspecified atom stereocenters. The van der Waals surface area contributed by atoms with Crippen LogP contribution < -0.4 is 191 Å². The number of rotatable bonds is 7. The van der Waals surface area contributed by atoms with Gasteiger partial charge >= 0.3 is 181 Å². The summed E-state index contributed by atoms with van der Waals surface area (Å²) in [5.74, 6) is -2.34. The van der Waals surface area contributed by atoms with E-state index in [0.717, 1.165) is 74.0 Å². The Hall–Kier alpha value is -3.54. The first kappa shape index (κ1) is 74.7. The third-order valence-corrected chi connectivity index (χ3v) is 15.0. The topological polar surface area (TPSA) is 288 Å². The number of nitrogens with zero attached hydrogens (tertiary/aromatic N) is 2. The summed E-state index contributed by atoms with van der Waals surface area (Å²) in [4.78, 5) is 77.7. The van der Waals surface area contributed by atoms with Gasteiger partial charge in [-0.1, -0.05) is 121 Å². The summed E-state index contributed by atoms with van der Waals surface area (Å²) in [5.41, 5.74) is 12.6. The van der Waals surface area contributed by atoms with E-state index in [1.807, 2.05) is 139 Å². The molecule has 0 saturated heterocycles. The minimum absolute atomic E-state index is 0. The number of ether oxygens (including phenoxy) is 1. The molecule has 3 aliphatic rings. The summed E-state index contributed by atoms with van der Waals surface area (Å²) >= 11 is 0. The monoisotopic (exact) mass is 1350 g/mol. The van der Waals surface area contributed by atoms with Gasteiger partial charge in [-0.2, -0.15) is 71.3 Å². The Labute approximate surface area is 634 Å². The first-order chi connectivity index (χ1) is 37.2. The fourth-order valence-electron chi connectivity index (χ4n) is 11.4. The van der Waals surface area contributed by atoms with Crippen molar-refractivity contribution in [2.45, 2.75) is 105 Å². The number of aromatic amines is 1. The normalized spacial score (nSPS) is 14.2. The third-order valence-electron chi connectivity index (χ3n) is 15.0. The summed E-state index contributed by atoms with van der Waals surface area (Å²) in [5, 5.41) is 32.3. The summed E-state index contributed by atoms with van der Waals surface area (Å²) in [6.45, 7) is 15.1. The summed E-state index contributed by atoms with van der Waals surface area (Å²) in [6, 6.07) is 40.7. The molecule has 3 aliphatic carbocycles. The van der Waals surface area contributed by atoms with Gasteiger partial charge < -0.3 is 50.6 Å². The van der Waals surface area contributed by atoms with Crippen molar-refractivity contribution < 1.29 is 225 Å². The molecular formula is C65H63N3O13Rb3-3. The number of aromatic hydroxyl groups is 3. The van der Waals surface area contributed by atoms with Gasteiger partial charge in [0.25, 0.3) is 16.7 Å². The van der Waals surface area contributed by atoms with Gasteiger partial charge in [-0.05, 0) is 42.7 Å². The maximum absolute atomic E-state index is 13.4. The van der Waals surface area contributed by atoms with E-state index in [2.05, 4.69) is 23.2 Å². The molecule has 3 aromatic heterocycles. The molecule has 8 aromatic rings. The van der Waals surface area contributed by atoms with Crippen LogP contribution in [0.5, 0.6) is 17.2 Å². The number of carbonyl (C=O) groups excluding carboxylic acids is 3. The molecule has 0 radical (unpaired) electrons. The molecule has 3 heterocycles. The SMILES string of the molecule is CC(=O)c1c(O)c2c([nH]c1=O)-c1cc(C)[c-]cc1CC2C.CC(=O)c1c(O)c2c(n(Cc3ccccc3)c1=O)-c1cc(C)[c-]cc1CC2C.COC(=O)c1c(O)c2c(n(Cc3ccccc3)c1=O)-c1cc(C)[c-]cc1CC2C.[OH-].[OH-].[OH-].[Rb+].[Rb+].[Rb+]. The number of fused-ring (bicyclic) bond motifs is 9. The van der Waals surface area contributed by atoms with Gasteiger partial charge in [0.05, 0.1) is 20.2 Å². The average molecular weight is 1350 g/mol. The van der Waals surface area contributed by atoms with Crippen LogP contribution in [-0.4, -0.2) is 70.5 Å². The van der Waals surface area contributed by atoms with Crippen molar-refractivity contribution in [1.82, 2.24) is 14.1 Å². The van der Waals surface area contributed by atoms with E-state index in [0.29, 0.717) is 46.7 Å². The molecule has 19 heteroatoms. The van der Waals surface area contributed by atoms with Gasteiger partial charge in [-0.15, -0.1) is 33.4 Å². The Balaban J connectivity index is 0.000000323. The smallest absolute Gasteiger partial charge is 0.870 e. The zero-order valence-electron chi connectivity index (χ0n) is 49.4. The number of pyridine rings is 3. The molecule has 0 spiro atoms. The van der Waals surface area contributed by atoms with E-state index in [-0.39, 0.29) is 249 Å². The molecule has 11 rings (SSSR count). The Bertz CT molecular complexity index is 3950. The quantitative estimate of drug-likeness (QED) is 0.0995. The molecule has 84 heavy (non-hydrogen) atoms. The third kappa shape index (κ3) is 14.9.